The number of hydrogen-bond donors (Lipinski definition) is 2. The molecule has 0 aromatic rings. The van der Waals surface area contributed by atoms with E-state index in [-0.39, 0.29) is 42.4 Å². The Morgan fingerprint density at radius 1 is 0.815 bits per heavy atom. The standard InChI is InChI=1S/2C8H17NO3P.Mn/c2*1-3-12-13(10,11)8-6-4-5-7(2)9-8;/h2*7-8H,3-6H2,1-2H3,(H,10,11);/q2*-1;+2. The van der Waals surface area contributed by atoms with Gasteiger partial charge >= 0.3 is 32.3 Å². The molecule has 2 saturated heterocycles. The van der Waals surface area contributed by atoms with Crippen molar-refractivity contribution in [1.29, 1.82) is 0 Å². The first-order valence-corrected chi connectivity index (χ1v) is 12.8. The van der Waals surface area contributed by atoms with E-state index in [0.717, 1.165) is 25.7 Å². The molecule has 0 bridgehead atoms. The van der Waals surface area contributed by atoms with Gasteiger partial charge in [-0.3, -0.25) is 9.13 Å². The Morgan fingerprint density at radius 3 is 1.41 bits per heavy atom. The van der Waals surface area contributed by atoms with E-state index < -0.39 is 26.8 Å². The van der Waals surface area contributed by atoms with E-state index in [2.05, 4.69) is 10.6 Å². The molecule has 0 aromatic carbocycles. The summed E-state index contributed by atoms with van der Waals surface area (Å²) in [6, 6.07) is 0.388. The van der Waals surface area contributed by atoms with Crippen LogP contribution < -0.4 is 0 Å². The minimum absolute atomic E-state index is 0. The molecule has 0 aromatic heterocycles. The minimum Gasteiger partial charge on any atom is -0.647 e. The van der Waals surface area contributed by atoms with Crippen molar-refractivity contribution in [1.82, 2.24) is 0 Å². The van der Waals surface area contributed by atoms with Crippen molar-refractivity contribution < 1.29 is 45.0 Å². The van der Waals surface area contributed by atoms with E-state index in [0.29, 0.717) is 12.8 Å². The molecule has 2 rings (SSSR count). The van der Waals surface area contributed by atoms with Crippen LogP contribution in [0.1, 0.15) is 66.2 Å². The second kappa shape index (κ2) is 13.1. The Bertz CT molecular complexity index is 469. The molecule has 2 aliphatic rings. The fraction of sp³-hybridized carbons (Fsp3) is 1.00. The topological polar surface area (TPSA) is 121 Å². The summed E-state index contributed by atoms with van der Waals surface area (Å²) in [6.07, 6.45) is 5.32. The van der Waals surface area contributed by atoms with Crippen molar-refractivity contribution in [3.63, 3.8) is 0 Å². The minimum atomic E-state index is -3.47. The summed E-state index contributed by atoms with van der Waals surface area (Å²) in [7, 11) is -6.94. The fourth-order valence-electron chi connectivity index (χ4n) is 3.11. The summed E-state index contributed by atoms with van der Waals surface area (Å²) < 4.78 is 32.8. The van der Waals surface area contributed by atoms with Crippen molar-refractivity contribution >= 4 is 15.2 Å². The van der Waals surface area contributed by atoms with Gasteiger partial charge < -0.3 is 29.5 Å². The van der Waals surface area contributed by atoms with Gasteiger partial charge in [0.1, 0.15) is 0 Å². The zero-order valence-corrected chi connectivity index (χ0v) is 19.6. The van der Waals surface area contributed by atoms with Crippen molar-refractivity contribution in [2.75, 3.05) is 13.2 Å². The molecule has 6 atom stereocenters. The molecule has 0 amide bonds. The second-order valence-electron chi connectivity index (χ2n) is 6.78. The van der Waals surface area contributed by atoms with Crippen LogP contribution in [0.2, 0.25) is 0 Å². The zero-order valence-electron chi connectivity index (χ0n) is 16.7. The molecule has 11 heteroatoms. The van der Waals surface area contributed by atoms with Crippen molar-refractivity contribution in [2.45, 2.75) is 89.9 Å². The predicted octanol–water partition coefficient (Wildman–Crippen LogP) is 4.96. The average molecular weight is 467 g/mol. The second-order valence-corrected chi connectivity index (χ2v) is 10.7. The maximum Gasteiger partial charge on any atom is 2.00 e. The first-order valence-electron chi connectivity index (χ1n) is 9.46. The molecule has 6 unspecified atom stereocenters. The van der Waals surface area contributed by atoms with Crippen molar-refractivity contribution in [3.8, 4) is 0 Å². The average Bonchev–Trinajstić information content (AvgIpc) is 2.55. The van der Waals surface area contributed by atoms with E-state index in [9.17, 15) is 18.9 Å². The van der Waals surface area contributed by atoms with E-state index >= 15 is 0 Å². The third kappa shape index (κ3) is 9.86. The molecule has 0 aliphatic carbocycles. The van der Waals surface area contributed by atoms with Gasteiger partial charge in [0, 0.05) is 0 Å². The van der Waals surface area contributed by atoms with Gasteiger partial charge in [0.15, 0.2) is 0 Å². The number of nitrogens with zero attached hydrogens (tertiary/aromatic N) is 2. The quantitative estimate of drug-likeness (QED) is 0.421. The fourth-order valence-corrected chi connectivity index (χ4v) is 6.01. The number of piperidine rings is 2. The molecule has 0 saturated carbocycles. The van der Waals surface area contributed by atoms with E-state index in [1.165, 1.54) is 0 Å². The van der Waals surface area contributed by atoms with Gasteiger partial charge in [-0.05, 0) is 25.4 Å². The van der Waals surface area contributed by atoms with Gasteiger partial charge in [0.25, 0.3) is 0 Å². The molecule has 0 spiro atoms. The summed E-state index contributed by atoms with van der Waals surface area (Å²) in [5.74, 6) is -0.979. The number of hydrogen-bond acceptors (Lipinski definition) is 4. The summed E-state index contributed by atoms with van der Waals surface area (Å²) in [6.45, 7) is 7.92. The Kier molecular flexibility index (Phi) is 13.5. The van der Waals surface area contributed by atoms with Gasteiger partial charge in [-0.25, -0.2) is 0 Å². The van der Waals surface area contributed by atoms with Crippen LogP contribution in [0.25, 0.3) is 10.6 Å². The third-order valence-corrected chi connectivity index (χ3v) is 7.95. The van der Waals surface area contributed by atoms with Gasteiger partial charge in [0.2, 0.25) is 0 Å². The SMILES string of the molecule is CCOP(=O)(O)C1CCCC(C)[N-]1.CCOP(=O)(O)C1CCCC(C)[N-]1.[Mn+2]. The zero-order chi connectivity index (χ0) is 19.8. The Labute approximate surface area is 174 Å². The van der Waals surface area contributed by atoms with Crippen LogP contribution in [-0.2, 0) is 35.2 Å². The molecule has 2 aliphatic heterocycles. The normalized spacial score (nSPS) is 32.8. The van der Waals surface area contributed by atoms with Gasteiger partial charge in [-0.1, -0.05) is 52.4 Å². The smallest absolute Gasteiger partial charge is 0.647 e. The molecular formula is C16H34MnN2O6P2. The predicted molar refractivity (Wildman–Crippen MR) is 104 cm³/mol. The van der Waals surface area contributed by atoms with E-state index in [1.54, 1.807) is 13.8 Å². The first kappa shape index (κ1) is 27.7. The molecule has 161 valence electrons. The molecule has 2 fully saturated rings. The maximum atomic E-state index is 11.6. The largest absolute Gasteiger partial charge is 2.00 e. The van der Waals surface area contributed by atoms with Crippen LogP contribution in [0.4, 0.5) is 0 Å². The van der Waals surface area contributed by atoms with Gasteiger partial charge in [-0.15, -0.1) is 12.1 Å². The Morgan fingerprint density at radius 2 is 1.15 bits per heavy atom. The summed E-state index contributed by atoms with van der Waals surface area (Å²) >= 11 is 0. The molecular weight excluding hydrogens is 433 g/mol. The number of rotatable bonds is 6. The van der Waals surface area contributed by atoms with Crippen molar-refractivity contribution in [2.24, 2.45) is 0 Å². The van der Waals surface area contributed by atoms with Crippen molar-refractivity contribution in [3.05, 3.63) is 10.6 Å². The van der Waals surface area contributed by atoms with Crippen LogP contribution in [0.5, 0.6) is 0 Å². The molecule has 27 heavy (non-hydrogen) atoms. The molecule has 2 heterocycles. The van der Waals surface area contributed by atoms with Crippen LogP contribution in [0.3, 0.4) is 0 Å². The summed E-state index contributed by atoms with van der Waals surface area (Å²) in [5.41, 5.74) is 0. The Hall–Kier alpha value is 0.739. The Balaban J connectivity index is 0.000000483. The molecule has 2 N–H and O–H groups in total. The summed E-state index contributed by atoms with van der Waals surface area (Å²) in [4.78, 5) is 19.0. The van der Waals surface area contributed by atoms with E-state index in [4.69, 9.17) is 9.05 Å². The summed E-state index contributed by atoms with van der Waals surface area (Å²) in [5, 5.41) is 8.47. The van der Waals surface area contributed by atoms with Gasteiger partial charge in [0.05, 0.1) is 13.2 Å². The van der Waals surface area contributed by atoms with Crippen LogP contribution in [-0.4, -0.2) is 46.7 Å². The van der Waals surface area contributed by atoms with Crippen LogP contribution >= 0.6 is 15.2 Å². The van der Waals surface area contributed by atoms with Gasteiger partial charge in [-0.2, -0.15) is 0 Å². The molecule has 1 radical (unpaired) electrons. The van der Waals surface area contributed by atoms with Crippen LogP contribution in [0.15, 0.2) is 0 Å². The van der Waals surface area contributed by atoms with E-state index in [1.807, 2.05) is 13.8 Å². The van der Waals surface area contributed by atoms with Crippen LogP contribution in [0, 0.1) is 0 Å². The first-order chi connectivity index (χ1) is 12.1. The maximum absolute atomic E-state index is 11.6. The monoisotopic (exact) mass is 467 g/mol. The third-order valence-electron chi connectivity index (χ3n) is 4.40. The molecule has 8 nitrogen and oxygen atoms in total.